The number of thioether (sulfide) groups is 2. The Morgan fingerprint density at radius 1 is 1.24 bits per heavy atom. The highest BCUT2D eigenvalue weighted by Gasteiger charge is 2.31. The summed E-state index contributed by atoms with van der Waals surface area (Å²) in [5.41, 5.74) is 0.911. The highest BCUT2D eigenvalue weighted by molar-refractivity contribution is 8.00. The highest BCUT2D eigenvalue weighted by Crippen LogP contribution is 2.40. The zero-order valence-electron chi connectivity index (χ0n) is 13.2. The van der Waals surface area contributed by atoms with E-state index in [2.05, 4.69) is 29.9 Å². The van der Waals surface area contributed by atoms with Gasteiger partial charge in [0.25, 0.3) is 0 Å². The number of rotatable bonds is 5. The average Bonchev–Trinajstić information content (AvgIpc) is 3.09. The number of hydrogen-bond acceptors (Lipinski definition) is 7. The van der Waals surface area contributed by atoms with Crippen LogP contribution in [0.4, 0.5) is 0 Å². The van der Waals surface area contributed by atoms with Crippen LogP contribution in [0, 0.1) is 0 Å². The Morgan fingerprint density at radius 2 is 2.08 bits per heavy atom. The maximum absolute atomic E-state index is 11.9. The molecule has 1 aliphatic heterocycles. The molecule has 3 aromatic heterocycles. The third-order valence-corrected chi connectivity index (χ3v) is 6.55. The van der Waals surface area contributed by atoms with Gasteiger partial charge in [0.05, 0.1) is 6.04 Å². The quantitative estimate of drug-likeness (QED) is 0.684. The topological polar surface area (TPSA) is 94.3 Å². The second-order valence-electron chi connectivity index (χ2n) is 6.10. The van der Waals surface area contributed by atoms with Crippen molar-refractivity contribution in [2.24, 2.45) is 0 Å². The summed E-state index contributed by atoms with van der Waals surface area (Å²) in [5, 5.41) is 17.2. The predicted octanol–water partition coefficient (Wildman–Crippen LogP) is 2.00. The average molecular weight is 373 g/mol. The highest BCUT2D eigenvalue weighted by atomic mass is 32.2. The van der Waals surface area contributed by atoms with Crippen LogP contribution >= 0.6 is 23.5 Å². The molecule has 1 saturated carbocycles. The van der Waals surface area contributed by atoms with Crippen LogP contribution < -0.4 is 5.69 Å². The van der Waals surface area contributed by atoms with E-state index >= 15 is 0 Å². The van der Waals surface area contributed by atoms with Gasteiger partial charge >= 0.3 is 5.69 Å². The van der Waals surface area contributed by atoms with Gasteiger partial charge in [-0.3, -0.25) is 14.1 Å². The zero-order valence-corrected chi connectivity index (χ0v) is 14.8. The standard InChI is InChI=1S/C15H15N7OS2/c23-13-18-20-15(22(13)10-1-2-10)25-8-11-7-24-14-19-17-12(21(11)14)9-3-5-16-6-4-9/h3-6,10-11H,1-2,7-8H2,(H,18,23)/t11-/m1/s1. The summed E-state index contributed by atoms with van der Waals surface area (Å²) < 4.78 is 3.99. The Labute approximate surface area is 151 Å². The molecule has 10 heteroatoms. The molecule has 0 spiro atoms. The summed E-state index contributed by atoms with van der Waals surface area (Å²) in [6.45, 7) is 0. The fourth-order valence-corrected chi connectivity index (χ4v) is 5.31. The third kappa shape index (κ3) is 2.69. The van der Waals surface area contributed by atoms with Crippen molar-refractivity contribution in [2.75, 3.05) is 11.5 Å². The molecule has 25 heavy (non-hydrogen) atoms. The molecule has 1 aliphatic carbocycles. The van der Waals surface area contributed by atoms with Gasteiger partial charge in [-0.25, -0.2) is 9.89 Å². The van der Waals surface area contributed by atoms with Crippen molar-refractivity contribution in [2.45, 2.75) is 35.2 Å². The molecule has 0 radical (unpaired) electrons. The second kappa shape index (κ2) is 6.03. The minimum Gasteiger partial charge on any atom is -0.297 e. The Morgan fingerprint density at radius 3 is 2.88 bits per heavy atom. The lowest BCUT2D eigenvalue weighted by Gasteiger charge is -2.14. The molecule has 0 aromatic carbocycles. The fraction of sp³-hybridized carbons (Fsp3) is 0.400. The van der Waals surface area contributed by atoms with E-state index in [9.17, 15) is 4.79 Å². The monoisotopic (exact) mass is 373 g/mol. The fourth-order valence-electron chi connectivity index (χ4n) is 2.99. The normalized spacial score (nSPS) is 19.3. The van der Waals surface area contributed by atoms with Crippen molar-refractivity contribution in [1.29, 1.82) is 0 Å². The van der Waals surface area contributed by atoms with Gasteiger partial charge in [-0.05, 0) is 25.0 Å². The first-order valence-electron chi connectivity index (χ1n) is 8.09. The van der Waals surface area contributed by atoms with Crippen LogP contribution in [0.5, 0.6) is 0 Å². The minimum absolute atomic E-state index is 0.103. The van der Waals surface area contributed by atoms with Crippen molar-refractivity contribution < 1.29 is 0 Å². The van der Waals surface area contributed by atoms with E-state index in [0.717, 1.165) is 46.0 Å². The summed E-state index contributed by atoms with van der Waals surface area (Å²) in [6, 6.07) is 4.48. The van der Waals surface area contributed by atoms with Gasteiger partial charge in [0, 0.05) is 35.5 Å². The van der Waals surface area contributed by atoms with Crippen LogP contribution in [0.1, 0.15) is 24.9 Å². The van der Waals surface area contributed by atoms with Crippen molar-refractivity contribution in [1.82, 2.24) is 34.5 Å². The van der Waals surface area contributed by atoms with Gasteiger partial charge < -0.3 is 0 Å². The van der Waals surface area contributed by atoms with Crippen LogP contribution in [0.15, 0.2) is 39.6 Å². The number of fused-ring (bicyclic) bond motifs is 1. The van der Waals surface area contributed by atoms with E-state index in [0.29, 0.717) is 6.04 Å². The first kappa shape index (κ1) is 15.2. The van der Waals surface area contributed by atoms with Crippen molar-refractivity contribution in [3.05, 3.63) is 35.0 Å². The molecule has 0 amide bonds. The summed E-state index contributed by atoms with van der Waals surface area (Å²) in [4.78, 5) is 16.0. The largest absolute Gasteiger partial charge is 0.344 e. The molecule has 3 aromatic rings. The van der Waals surface area contributed by atoms with Gasteiger partial charge in [0.1, 0.15) is 0 Å². The van der Waals surface area contributed by atoms with E-state index in [-0.39, 0.29) is 11.7 Å². The number of aromatic amines is 1. The lowest BCUT2D eigenvalue weighted by Crippen LogP contribution is -2.17. The van der Waals surface area contributed by atoms with E-state index < -0.39 is 0 Å². The van der Waals surface area contributed by atoms with Crippen LogP contribution in [0.3, 0.4) is 0 Å². The minimum atomic E-state index is -0.103. The summed E-state index contributed by atoms with van der Waals surface area (Å²) in [7, 11) is 0. The number of pyridine rings is 1. The summed E-state index contributed by atoms with van der Waals surface area (Å²) in [6.07, 6.45) is 5.66. The van der Waals surface area contributed by atoms with Crippen LogP contribution in [0.2, 0.25) is 0 Å². The number of nitrogens with zero attached hydrogens (tertiary/aromatic N) is 6. The number of aromatic nitrogens is 7. The SMILES string of the molecule is O=c1[nH]nc(SC[C@H]2CSc3nnc(-c4ccncc4)n32)n1C1CC1. The van der Waals surface area contributed by atoms with Gasteiger partial charge in [-0.1, -0.05) is 23.5 Å². The molecule has 128 valence electrons. The Hall–Kier alpha value is -2.07. The predicted molar refractivity (Wildman–Crippen MR) is 94.9 cm³/mol. The number of H-pyrrole nitrogens is 1. The van der Waals surface area contributed by atoms with Gasteiger partial charge in [-0.15, -0.1) is 15.3 Å². The van der Waals surface area contributed by atoms with Gasteiger partial charge in [-0.2, -0.15) is 0 Å². The first-order valence-corrected chi connectivity index (χ1v) is 10.1. The molecule has 1 atom stereocenters. The Kier molecular flexibility index (Phi) is 3.66. The van der Waals surface area contributed by atoms with Crippen LogP contribution in [-0.4, -0.2) is 46.0 Å². The Bertz CT molecular complexity index is 960. The molecule has 1 N–H and O–H groups in total. The van der Waals surface area contributed by atoms with E-state index in [4.69, 9.17) is 0 Å². The molecule has 0 saturated heterocycles. The number of hydrogen-bond donors (Lipinski definition) is 1. The molecule has 0 bridgehead atoms. The maximum atomic E-state index is 11.9. The van der Waals surface area contributed by atoms with Gasteiger partial charge in [0.15, 0.2) is 16.1 Å². The molecule has 0 unspecified atom stereocenters. The van der Waals surface area contributed by atoms with Crippen LogP contribution in [-0.2, 0) is 0 Å². The summed E-state index contributed by atoms with van der Waals surface area (Å²) >= 11 is 3.34. The zero-order chi connectivity index (χ0) is 16.8. The van der Waals surface area contributed by atoms with Gasteiger partial charge in [0.2, 0.25) is 0 Å². The number of nitrogens with one attached hydrogen (secondary N) is 1. The first-order chi connectivity index (χ1) is 12.3. The lowest BCUT2D eigenvalue weighted by molar-refractivity contribution is 0.593. The molecule has 4 heterocycles. The molecular weight excluding hydrogens is 358 g/mol. The third-order valence-electron chi connectivity index (χ3n) is 4.36. The molecule has 1 fully saturated rings. The van der Waals surface area contributed by atoms with Crippen molar-refractivity contribution in [3.8, 4) is 11.4 Å². The van der Waals surface area contributed by atoms with E-state index in [1.165, 1.54) is 0 Å². The maximum Gasteiger partial charge on any atom is 0.344 e. The van der Waals surface area contributed by atoms with Crippen molar-refractivity contribution in [3.63, 3.8) is 0 Å². The summed E-state index contributed by atoms with van der Waals surface area (Å²) in [5.74, 6) is 2.65. The van der Waals surface area contributed by atoms with Crippen molar-refractivity contribution >= 4 is 23.5 Å². The van der Waals surface area contributed by atoms with Crippen LogP contribution in [0.25, 0.3) is 11.4 Å². The molecular formula is C15H15N7OS2. The van der Waals surface area contributed by atoms with E-state index in [1.807, 2.05) is 12.1 Å². The smallest absolute Gasteiger partial charge is 0.297 e. The lowest BCUT2D eigenvalue weighted by atomic mass is 10.2. The second-order valence-corrected chi connectivity index (χ2v) is 8.07. The molecule has 2 aliphatic rings. The Balaban J connectivity index is 1.40. The van der Waals surface area contributed by atoms with E-state index in [1.54, 1.807) is 40.5 Å². The molecule has 8 nitrogen and oxygen atoms in total. The molecule has 5 rings (SSSR count).